The summed E-state index contributed by atoms with van der Waals surface area (Å²) in [4.78, 5) is 0. The van der Waals surface area contributed by atoms with Crippen molar-refractivity contribution in [2.24, 2.45) is 0 Å². The molecule has 2 aromatic rings. The molecule has 0 aromatic carbocycles. The lowest BCUT2D eigenvalue weighted by molar-refractivity contribution is 1.70. The summed E-state index contributed by atoms with van der Waals surface area (Å²) in [7, 11) is -2.63. The van der Waals surface area contributed by atoms with Crippen LogP contribution in [-0.2, 0) is 0 Å². The van der Waals surface area contributed by atoms with Crippen molar-refractivity contribution in [1.82, 2.24) is 0 Å². The molecule has 0 saturated heterocycles. The first-order valence-corrected chi connectivity index (χ1v) is 16.7. The van der Waals surface area contributed by atoms with Crippen LogP contribution in [0.1, 0.15) is 0 Å². The predicted octanol–water partition coefficient (Wildman–Crippen LogP) is 5.69. The maximum absolute atomic E-state index is 3.81. The van der Waals surface area contributed by atoms with E-state index in [9.17, 15) is 0 Å². The topological polar surface area (TPSA) is 0 Å². The highest BCUT2D eigenvalue weighted by molar-refractivity contribution is 9.11. The summed E-state index contributed by atoms with van der Waals surface area (Å²) in [5.41, 5.74) is 2.36. The van der Waals surface area contributed by atoms with Gasteiger partial charge in [0.05, 0.1) is 26.9 Å². The summed E-state index contributed by atoms with van der Waals surface area (Å²) in [6.45, 7) is 14.3. The van der Waals surface area contributed by atoms with Crippen molar-refractivity contribution in [3.63, 3.8) is 0 Å². The van der Waals surface area contributed by atoms with Gasteiger partial charge in [0.2, 0.25) is 0 Å². The third kappa shape index (κ3) is 3.25. The molecule has 0 aliphatic carbocycles. The smallest absolute Gasteiger partial charge is 0.0919 e. The molecule has 0 aliphatic heterocycles. The average molecular weight is 466 g/mol. The monoisotopic (exact) mass is 464 g/mol. The van der Waals surface area contributed by atoms with Crippen molar-refractivity contribution in [2.75, 3.05) is 0 Å². The fraction of sp³-hybridized carbons (Fsp3) is 0.429. The fourth-order valence-electron chi connectivity index (χ4n) is 1.90. The third-order valence-corrected chi connectivity index (χ3v) is 14.7. The second-order valence-electron chi connectivity index (χ2n) is 6.94. The van der Waals surface area contributed by atoms with E-state index >= 15 is 0 Å². The van der Waals surface area contributed by atoms with Gasteiger partial charge >= 0.3 is 0 Å². The molecule has 2 radical (unpaired) electrons. The minimum absolute atomic E-state index is 1.18. The van der Waals surface area contributed by atoms with Crippen molar-refractivity contribution in [3.05, 3.63) is 19.7 Å². The Morgan fingerprint density at radius 3 is 1.20 bits per heavy atom. The molecule has 0 N–H and O–H groups in total. The number of halogens is 2. The molecule has 0 unspecified atom stereocenters. The van der Waals surface area contributed by atoms with Crippen LogP contribution in [0.15, 0.2) is 8.95 Å². The van der Waals surface area contributed by atoms with Crippen molar-refractivity contribution in [1.29, 1.82) is 0 Å². The van der Waals surface area contributed by atoms with Crippen LogP contribution in [0.4, 0.5) is 0 Å². The maximum atomic E-state index is 3.81. The summed E-state index contributed by atoms with van der Waals surface area (Å²) < 4.78 is 5.43. The summed E-state index contributed by atoms with van der Waals surface area (Å²) in [5, 5.41) is 6.99. The minimum atomic E-state index is -1.31. The molecule has 2 rings (SSSR count). The van der Waals surface area contributed by atoms with Gasteiger partial charge in [0.1, 0.15) is 0 Å². The molecule has 2 heterocycles. The summed E-state index contributed by atoms with van der Waals surface area (Å²) in [5.74, 6) is 0. The predicted molar refractivity (Wildman–Crippen MR) is 107 cm³/mol. The van der Waals surface area contributed by atoms with Crippen molar-refractivity contribution in [3.8, 4) is 11.1 Å². The molecular formula is C14H18Br2S2Si2. The highest BCUT2D eigenvalue weighted by Crippen LogP contribution is 2.37. The molecule has 0 fully saturated rings. The van der Waals surface area contributed by atoms with Crippen molar-refractivity contribution >= 4 is 79.7 Å². The highest BCUT2D eigenvalue weighted by Gasteiger charge is 2.28. The number of hydrogen-bond acceptors (Lipinski definition) is 2. The van der Waals surface area contributed by atoms with E-state index in [1.807, 2.05) is 0 Å². The Labute approximate surface area is 148 Å². The van der Waals surface area contributed by atoms with Gasteiger partial charge in [-0.05, 0) is 31.9 Å². The van der Waals surface area contributed by atoms with Gasteiger partial charge in [-0.1, -0.05) is 39.3 Å². The van der Waals surface area contributed by atoms with Crippen LogP contribution in [0.5, 0.6) is 0 Å². The lowest BCUT2D eigenvalue weighted by Gasteiger charge is -2.15. The summed E-state index contributed by atoms with van der Waals surface area (Å²) in [6, 6.07) is 0. The van der Waals surface area contributed by atoms with Crippen LogP contribution >= 0.6 is 54.5 Å². The Kier molecular flexibility index (Phi) is 4.95. The Bertz CT molecular complexity index is 574. The van der Waals surface area contributed by atoms with Gasteiger partial charge < -0.3 is 0 Å². The molecule has 0 amide bonds. The largest absolute Gasteiger partial charge is 0.142 e. The van der Waals surface area contributed by atoms with Gasteiger partial charge in [-0.15, -0.1) is 22.7 Å². The minimum Gasteiger partial charge on any atom is -0.142 e. The first-order chi connectivity index (χ1) is 9.03. The Hall–Kier alpha value is 0.794. The van der Waals surface area contributed by atoms with Crippen LogP contribution in [-0.4, -0.2) is 16.1 Å². The molecule has 0 bridgehead atoms. The van der Waals surface area contributed by atoms with Gasteiger partial charge in [-0.3, -0.25) is 0 Å². The Balaban J connectivity index is 2.55. The molecule has 6 heteroatoms. The quantitative estimate of drug-likeness (QED) is 0.510. The normalized spacial score (nSPS) is 13.0. The van der Waals surface area contributed by atoms with Crippen LogP contribution < -0.4 is 9.00 Å². The van der Waals surface area contributed by atoms with Crippen molar-refractivity contribution < 1.29 is 0 Å². The first-order valence-electron chi connectivity index (χ1n) is 6.44. The van der Waals surface area contributed by atoms with Crippen LogP contribution in [0.2, 0.25) is 39.3 Å². The number of thiophene rings is 2. The van der Waals surface area contributed by atoms with E-state index in [-0.39, 0.29) is 0 Å². The van der Waals surface area contributed by atoms with Crippen molar-refractivity contribution in [2.45, 2.75) is 39.3 Å². The van der Waals surface area contributed by atoms with Crippen LogP contribution in [0.3, 0.4) is 0 Å². The lowest BCUT2D eigenvalue weighted by Crippen LogP contribution is -2.36. The van der Waals surface area contributed by atoms with E-state index in [2.05, 4.69) is 81.9 Å². The highest BCUT2D eigenvalue weighted by atomic mass is 79.9. The van der Waals surface area contributed by atoms with E-state index in [0.717, 1.165) is 0 Å². The first kappa shape index (κ1) is 17.2. The van der Waals surface area contributed by atoms with E-state index < -0.39 is 16.1 Å². The maximum Gasteiger partial charge on any atom is 0.0919 e. The zero-order valence-corrected chi connectivity index (χ0v) is 19.4. The van der Waals surface area contributed by atoms with Gasteiger partial charge in [0, 0.05) is 29.1 Å². The molecule has 2 aromatic heterocycles. The standard InChI is InChI=1S/C14H18Br2S2Si2/c1-19(2,3)13-11(15)9(7-17-13)10-8-18-14(12(10)16)20(4,5)6/h1-6H3. The summed E-state index contributed by atoms with van der Waals surface area (Å²) >= 11 is 11.2. The average Bonchev–Trinajstić information content (AvgIpc) is 2.79. The SMILES string of the molecule is C[Si](C)(C)c1s[c]c(-c2[c]sc([Si](C)(C)C)c2Br)c1Br. The second kappa shape index (κ2) is 5.78. The van der Waals surface area contributed by atoms with Gasteiger partial charge in [0.15, 0.2) is 0 Å². The van der Waals surface area contributed by atoms with E-state index in [1.165, 1.54) is 29.1 Å². The zero-order valence-electron chi connectivity index (χ0n) is 12.6. The van der Waals surface area contributed by atoms with E-state index in [1.54, 1.807) is 22.7 Å². The fourth-order valence-corrected chi connectivity index (χ4v) is 12.3. The molecular weight excluding hydrogens is 448 g/mol. The molecule has 20 heavy (non-hydrogen) atoms. The van der Waals surface area contributed by atoms with Gasteiger partial charge in [-0.2, -0.15) is 0 Å². The third-order valence-electron chi connectivity index (χ3n) is 2.96. The molecule has 0 atom stereocenters. The second-order valence-corrected chi connectivity index (χ2v) is 20.9. The van der Waals surface area contributed by atoms with E-state index in [4.69, 9.17) is 0 Å². The van der Waals surface area contributed by atoms with Crippen LogP contribution in [0, 0.1) is 10.8 Å². The van der Waals surface area contributed by atoms with Gasteiger partial charge in [0.25, 0.3) is 0 Å². The van der Waals surface area contributed by atoms with Crippen LogP contribution in [0.25, 0.3) is 11.1 Å². The lowest BCUT2D eigenvalue weighted by atomic mass is 10.2. The molecule has 108 valence electrons. The zero-order chi connectivity index (χ0) is 15.3. The molecule has 0 aliphatic rings. The molecule has 0 nitrogen and oxygen atoms in total. The molecule has 0 saturated carbocycles. The Morgan fingerprint density at radius 1 is 0.700 bits per heavy atom. The van der Waals surface area contributed by atoms with Gasteiger partial charge in [-0.25, -0.2) is 0 Å². The summed E-state index contributed by atoms with van der Waals surface area (Å²) in [6.07, 6.45) is 0. The number of hydrogen-bond donors (Lipinski definition) is 0. The Morgan fingerprint density at radius 2 is 1.00 bits per heavy atom. The number of rotatable bonds is 3. The van der Waals surface area contributed by atoms with E-state index in [0.29, 0.717) is 0 Å². The molecule has 0 spiro atoms.